The Morgan fingerprint density at radius 2 is 2.25 bits per heavy atom. The minimum atomic E-state index is 0.0405. The summed E-state index contributed by atoms with van der Waals surface area (Å²) in [4.78, 5) is 13.9. The molecule has 1 saturated heterocycles. The van der Waals surface area contributed by atoms with E-state index in [4.69, 9.17) is 10.5 Å². The van der Waals surface area contributed by atoms with Gasteiger partial charge in [0.1, 0.15) is 12.4 Å². The monoisotopic (exact) mass is 276 g/mol. The largest absolute Gasteiger partial charge is 0.491 e. The van der Waals surface area contributed by atoms with E-state index in [1.165, 1.54) is 6.42 Å². The highest BCUT2D eigenvalue weighted by molar-refractivity contribution is 5.96. The molecule has 2 N–H and O–H groups in total. The molecule has 1 aromatic rings. The van der Waals surface area contributed by atoms with Crippen molar-refractivity contribution in [1.82, 2.24) is 4.90 Å². The van der Waals surface area contributed by atoms with Crippen LogP contribution in [0.4, 0.5) is 0 Å². The van der Waals surface area contributed by atoms with Crippen LogP contribution in [0.5, 0.6) is 5.75 Å². The highest BCUT2D eigenvalue weighted by Gasteiger charge is 2.24. The van der Waals surface area contributed by atoms with Gasteiger partial charge in [0.05, 0.1) is 5.56 Å². The number of para-hydroxylation sites is 1. The van der Waals surface area contributed by atoms with E-state index in [9.17, 15) is 4.79 Å². The summed E-state index contributed by atoms with van der Waals surface area (Å²) >= 11 is 0. The molecule has 1 aliphatic rings. The second kappa shape index (κ2) is 6.86. The summed E-state index contributed by atoms with van der Waals surface area (Å²) in [6, 6.07) is 7.67. The van der Waals surface area contributed by atoms with E-state index in [1.807, 2.05) is 18.2 Å². The van der Waals surface area contributed by atoms with Crippen LogP contribution in [0, 0.1) is 5.92 Å². The van der Waals surface area contributed by atoms with Crippen LogP contribution in [-0.2, 0) is 0 Å². The first-order valence-electron chi connectivity index (χ1n) is 7.28. The fraction of sp³-hybridized carbons (Fsp3) is 0.562. The van der Waals surface area contributed by atoms with E-state index in [0.29, 0.717) is 23.8 Å². The molecule has 0 spiro atoms. The number of rotatable bonds is 6. The van der Waals surface area contributed by atoms with Gasteiger partial charge in [-0.3, -0.25) is 9.69 Å². The zero-order chi connectivity index (χ0) is 14.5. The van der Waals surface area contributed by atoms with Crippen molar-refractivity contribution in [2.75, 3.05) is 26.2 Å². The lowest BCUT2D eigenvalue weighted by Crippen LogP contribution is -2.31. The number of carbonyl (C=O) groups is 1. The molecule has 0 aromatic heterocycles. The molecule has 4 heteroatoms. The second-order valence-corrected chi connectivity index (χ2v) is 5.61. The molecule has 4 nitrogen and oxygen atoms in total. The molecular formula is C16H24N2O2. The number of hydrogen-bond acceptors (Lipinski definition) is 4. The molecular weight excluding hydrogens is 252 g/mol. The molecule has 1 aromatic carbocycles. The number of nitrogens with two attached hydrogens (primary N) is 1. The van der Waals surface area contributed by atoms with Crippen molar-refractivity contribution in [3.8, 4) is 5.75 Å². The predicted octanol–water partition coefficient (Wildman–Crippen LogP) is 1.94. The summed E-state index contributed by atoms with van der Waals surface area (Å²) in [5.41, 5.74) is 6.59. The van der Waals surface area contributed by atoms with Gasteiger partial charge >= 0.3 is 0 Å². The predicted molar refractivity (Wildman–Crippen MR) is 80.1 cm³/mol. The lowest BCUT2D eigenvalue weighted by molar-refractivity contribution is 0.101. The number of Topliss-reactive ketones (excluding diaryl/α,β-unsaturated/α-hetero) is 1. The van der Waals surface area contributed by atoms with Crippen molar-refractivity contribution in [2.24, 2.45) is 11.7 Å². The topological polar surface area (TPSA) is 55.6 Å². The van der Waals surface area contributed by atoms with Gasteiger partial charge in [-0.25, -0.2) is 0 Å². The van der Waals surface area contributed by atoms with E-state index in [1.54, 1.807) is 13.0 Å². The maximum Gasteiger partial charge on any atom is 0.163 e. The SMILES string of the molecule is CC(=O)c1ccccc1OCCN1CCC(C(C)N)C1. The molecule has 1 heterocycles. The summed E-state index contributed by atoms with van der Waals surface area (Å²) in [6.07, 6.45) is 1.17. The molecule has 2 rings (SSSR count). The molecule has 20 heavy (non-hydrogen) atoms. The number of nitrogens with zero attached hydrogens (tertiary/aromatic N) is 1. The van der Waals surface area contributed by atoms with Gasteiger partial charge in [-0.05, 0) is 44.9 Å². The molecule has 0 bridgehead atoms. The molecule has 110 valence electrons. The zero-order valence-electron chi connectivity index (χ0n) is 12.3. The van der Waals surface area contributed by atoms with Crippen LogP contribution in [0.3, 0.4) is 0 Å². The summed E-state index contributed by atoms with van der Waals surface area (Å²) in [5.74, 6) is 1.32. The van der Waals surface area contributed by atoms with Gasteiger partial charge in [0.15, 0.2) is 5.78 Å². The number of ether oxygens (including phenoxy) is 1. The van der Waals surface area contributed by atoms with E-state index in [0.717, 1.165) is 19.6 Å². The van der Waals surface area contributed by atoms with Crippen molar-refractivity contribution >= 4 is 5.78 Å². The smallest absolute Gasteiger partial charge is 0.163 e. The van der Waals surface area contributed by atoms with Gasteiger partial charge < -0.3 is 10.5 Å². The molecule has 0 saturated carbocycles. The van der Waals surface area contributed by atoms with Crippen molar-refractivity contribution < 1.29 is 9.53 Å². The Labute approximate surface area is 120 Å². The van der Waals surface area contributed by atoms with Crippen molar-refractivity contribution in [3.63, 3.8) is 0 Å². The standard InChI is InChI=1S/C16H24N2O2/c1-12(17)14-7-8-18(11-14)9-10-20-16-6-4-3-5-15(16)13(2)19/h3-6,12,14H,7-11,17H2,1-2H3. The van der Waals surface area contributed by atoms with E-state index in [2.05, 4.69) is 11.8 Å². The van der Waals surface area contributed by atoms with Crippen LogP contribution < -0.4 is 10.5 Å². The number of benzene rings is 1. The fourth-order valence-corrected chi connectivity index (χ4v) is 2.66. The molecule has 0 aliphatic carbocycles. The average Bonchev–Trinajstić information content (AvgIpc) is 2.88. The molecule has 2 unspecified atom stereocenters. The Hall–Kier alpha value is -1.39. The van der Waals surface area contributed by atoms with Crippen molar-refractivity contribution in [3.05, 3.63) is 29.8 Å². The van der Waals surface area contributed by atoms with E-state index < -0.39 is 0 Å². The average molecular weight is 276 g/mol. The lowest BCUT2D eigenvalue weighted by Gasteiger charge is -2.18. The fourth-order valence-electron chi connectivity index (χ4n) is 2.66. The molecule has 0 radical (unpaired) electrons. The first kappa shape index (κ1) is 15.0. The van der Waals surface area contributed by atoms with Crippen LogP contribution >= 0.6 is 0 Å². The van der Waals surface area contributed by atoms with Gasteiger partial charge in [-0.1, -0.05) is 12.1 Å². The number of hydrogen-bond donors (Lipinski definition) is 1. The number of carbonyl (C=O) groups excluding carboxylic acids is 1. The third kappa shape index (κ3) is 3.81. The van der Waals surface area contributed by atoms with Gasteiger partial charge in [-0.15, -0.1) is 0 Å². The number of likely N-dealkylation sites (tertiary alicyclic amines) is 1. The Kier molecular flexibility index (Phi) is 5.15. The highest BCUT2D eigenvalue weighted by Crippen LogP contribution is 2.20. The third-order valence-electron chi connectivity index (χ3n) is 3.98. The molecule has 1 fully saturated rings. The minimum absolute atomic E-state index is 0.0405. The van der Waals surface area contributed by atoms with E-state index in [-0.39, 0.29) is 11.8 Å². The summed E-state index contributed by atoms with van der Waals surface area (Å²) in [5, 5.41) is 0. The van der Waals surface area contributed by atoms with Gasteiger partial charge in [0, 0.05) is 19.1 Å². The zero-order valence-corrected chi connectivity index (χ0v) is 12.3. The molecule has 1 aliphatic heterocycles. The van der Waals surface area contributed by atoms with Crippen LogP contribution in [0.25, 0.3) is 0 Å². The van der Waals surface area contributed by atoms with Crippen LogP contribution in [0.15, 0.2) is 24.3 Å². The Morgan fingerprint density at radius 1 is 1.50 bits per heavy atom. The van der Waals surface area contributed by atoms with Crippen LogP contribution in [-0.4, -0.2) is 43.0 Å². The maximum atomic E-state index is 11.5. The van der Waals surface area contributed by atoms with Crippen LogP contribution in [0.1, 0.15) is 30.6 Å². The third-order valence-corrected chi connectivity index (χ3v) is 3.98. The maximum absolute atomic E-state index is 11.5. The lowest BCUT2D eigenvalue weighted by atomic mass is 10.0. The van der Waals surface area contributed by atoms with Crippen LogP contribution in [0.2, 0.25) is 0 Å². The summed E-state index contributed by atoms with van der Waals surface area (Å²) in [7, 11) is 0. The van der Waals surface area contributed by atoms with E-state index >= 15 is 0 Å². The summed E-state index contributed by atoms with van der Waals surface area (Å²) in [6.45, 7) is 7.27. The molecule has 0 amide bonds. The van der Waals surface area contributed by atoms with Gasteiger partial charge in [-0.2, -0.15) is 0 Å². The minimum Gasteiger partial charge on any atom is -0.491 e. The quantitative estimate of drug-likeness (QED) is 0.807. The first-order valence-corrected chi connectivity index (χ1v) is 7.28. The normalized spacial score (nSPS) is 20.9. The Balaban J connectivity index is 1.81. The Morgan fingerprint density at radius 3 is 2.90 bits per heavy atom. The number of ketones is 1. The summed E-state index contributed by atoms with van der Waals surface area (Å²) < 4.78 is 5.76. The Bertz CT molecular complexity index is 460. The highest BCUT2D eigenvalue weighted by atomic mass is 16.5. The van der Waals surface area contributed by atoms with Crippen molar-refractivity contribution in [1.29, 1.82) is 0 Å². The second-order valence-electron chi connectivity index (χ2n) is 5.61. The molecule has 2 atom stereocenters. The van der Waals surface area contributed by atoms with Gasteiger partial charge in [0.2, 0.25) is 0 Å². The van der Waals surface area contributed by atoms with Crippen molar-refractivity contribution in [2.45, 2.75) is 26.3 Å². The van der Waals surface area contributed by atoms with Gasteiger partial charge in [0.25, 0.3) is 0 Å². The first-order chi connectivity index (χ1) is 9.58.